The average Bonchev–Trinajstić information content (AvgIpc) is 3.52. The van der Waals surface area contributed by atoms with E-state index in [4.69, 9.17) is 10.2 Å². The summed E-state index contributed by atoms with van der Waals surface area (Å²) in [6, 6.07) is 57.7. The minimum atomic E-state index is 0.114. The van der Waals surface area contributed by atoms with Gasteiger partial charge in [0.15, 0.2) is 0 Å². The van der Waals surface area contributed by atoms with E-state index in [1.807, 2.05) is 18.2 Å². The van der Waals surface area contributed by atoms with Crippen LogP contribution in [0.2, 0.25) is 0 Å². The van der Waals surface area contributed by atoms with Gasteiger partial charge >= 0.3 is 269 Å². The van der Waals surface area contributed by atoms with Crippen molar-refractivity contribution in [3.63, 3.8) is 0 Å². The van der Waals surface area contributed by atoms with E-state index >= 15 is 0 Å². The van der Waals surface area contributed by atoms with Gasteiger partial charge < -0.3 is 0 Å². The molecule has 2 heterocycles. The Balaban J connectivity index is 1.44. The van der Waals surface area contributed by atoms with Crippen molar-refractivity contribution in [1.82, 2.24) is 15.4 Å². The number of fused-ring (bicyclic) bond motifs is 1. The molecule has 0 amide bonds. The van der Waals surface area contributed by atoms with Gasteiger partial charge in [0, 0.05) is 0 Å². The van der Waals surface area contributed by atoms with Gasteiger partial charge in [-0.3, -0.25) is 0 Å². The van der Waals surface area contributed by atoms with E-state index in [-0.39, 0.29) is 14.5 Å². The number of benzene rings is 6. The van der Waals surface area contributed by atoms with Crippen LogP contribution in [0.25, 0.3) is 75.5 Å². The molecule has 45 heavy (non-hydrogen) atoms. The molecule has 0 aliphatic rings. The molecule has 0 unspecified atom stereocenters. The molecule has 0 aliphatic heterocycles. The monoisotopic (exact) mass is 641 g/mol. The third kappa shape index (κ3) is 5.01. The van der Waals surface area contributed by atoms with Crippen LogP contribution in [0.3, 0.4) is 0 Å². The van der Waals surface area contributed by atoms with Crippen molar-refractivity contribution in [2.24, 2.45) is 0 Å². The molecule has 0 saturated carbocycles. The Hall–Kier alpha value is -5.41. The predicted molar refractivity (Wildman–Crippen MR) is 187 cm³/mol. The first-order chi connectivity index (χ1) is 22.4. The van der Waals surface area contributed by atoms with Crippen molar-refractivity contribution in [1.29, 1.82) is 0 Å². The second-order valence-corrected chi connectivity index (χ2v) is 13.1. The van der Waals surface area contributed by atoms with Crippen LogP contribution < -0.4 is 0 Å². The van der Waals surface area contributed by atoms with Crippen LogP contribution in [0.5, 0.6) is 0 Å². The molecule has 212 valence electrons. The zero-order valence-corrected chi connectivity index (χ0v) is 26.1. The van der Waals surface area contributed by atoms with E-state index < -0.39 is 0 Å². The second kappa shape index (κ2) is 11.9. The van der Waals surface area contributed by atoms with Crippen LogP contribution in [0, 0.1) is 0 Å². The predicted octanol–water partition coefficient (Wildman–Crippen LogP) is 10.1. The molecule has 0 N–H and O–H groups in total. The average molecular weight is 641 g/mol. The van der Waals surface area contributed by atoms with Crippen LogP contribution in [-0.2, 0) is 0 Å². The maximum atomic E-state index is 4.85. The number of hydrogen-bond donors (Lipinski definition) is 0. The number of aromatic nitrogens is 3. The third-order valence-electron chi connectivity index (χ3n) is 8.18. The number of hydrogen-bond acceptors (Lipinski definition) is 3. The Morgan fingerprint density at radius 1 is 0.356 bits per heavy atom. The molecule has 8 aromatic rings. The Labute approximate surface area is 268 Å². The Morgan fingerprint density at radius 3 is 1.58 bits per heavy atom. The molecule has 0 aliphatic carbocycles. The fraction of sp³-hybridized carbons (Fsp3) is 0. The van der Waals surface area contributed by atoms with E-state index in [2.05, 4.69) is 151 Å². The van der Waals surface area contributed by atoms with Crippen molar-refractivity contribution in [3.05, 3.63) is 164 Å². The van der Waals surface area contributed by atoms with E-state index in [1.54, 1.807) is 0 Å². The molecule has 0 fully saturated rings. The molecule has 0 radical (unpaired) electrons. The van der Waals surface area contributed by atoms with Gasteiger partial charge in [-0.05, 0) is 0 Å². The molecule has 2 aromatic heterocycles. The zero-order valence-electron chi connectivity index (χ0n) is 24.3. The summed E-state index contributed by atoms with van der Waals surface area (Å²) in [7, 11) is 0. The minimum absolute atomic E-state index is 0.114. The van der Waals surface area contributed by atoms with E-state index in [1.165, 1.54) is 30.8 Å². The summed E-state index contributed by atoms with van der Waals surface area (Å²) in [6.45, 7) is 0. The molecule has 4 heteroatoms. The van der Waals surface area contributed by atoms with Crippen LogP contribution >= 0.6 is 0 Å². The summed E-state index contributed by atoms with van der Waals surface area (Å²) in [4.78, 5) is 0. The molecule has 3 nitrogen and oxygen atoms in total. The van der Waals surface area contributed by atoms with Crippen molar-refractivity contribution in [2.45, 2.75) is 0 Å². The van der Waals surface area contributed by atoms with E-state index in [9.17, 15) is 0 Å². The molecule has 0 saturated heterocycles. The summed E-state index contributed by atoms with van der Waals surface area (Å²) >= 11 is 0.114. The maximum absolute atomic E-state index is 4.85. The fourth-order valence-corrected chi connectivity index (χ4v) is 8.80. The molecule has 8 rings (SSSR count). The molecule has 6 aromatic carbocycles. The van der Waals surface area contributed by atoms with Gasteiger partial charge in [0.25, 0.3) is 0 Å². The normalized spacial score (nSPS) is 11.1. The third-order valence-corrected chi connectivity index (χ3v) is 10.7. The fourth-order valence-electron chi connectivity index (χ4n) is 6.15. The van der Waals surface area contributed by atoms with Crippen LogP contribution in [0.1, 0.15) is 0 Å². The van der Waals surface area contributed by atoms with Crippen LogP contribution in [0.15, 0.2) is 164 Å². The van der Waals surface area contributed by atoms with Crippen molar-refractivity contribution >= 4 is 24.1 Å². The summed E-state index contributed by atoms with van der Waals surface area (Å²) in [5.74, 6) is 0. The van der Waals surface area contributed by atoms with E-state index in [0.29, 0.717) is 0 Å². The zero-order chi connectivity index (χ0) is 30.0. The Kier molecular flexibility index (Phi) is 7.20. The quantitative estimate of drug-likeness (QED) is 0.170. The summed E-state index contributed by atoms with van der Waals surface area (Å²) in [6.07, 6.45) is 0. The number of nitrogens with zero attached hydrogens (tertiary/aromatic N) is 3. The summed E-state index contributed by atoms with van der Waals surface area (Å²) in [5, 5.41) is 15.3. The van der Waals surface area contributed by atoms with Gasteiger partial charge in [0.2, 0.25) is 0 Å². The van der Waals surface area contributed by atoms with Gasteiger partial charge in [-0.15, -0.1) is 0 Å². The van der Waals surface area contributed by atoms with Gasteiger partial charge in [-0.1, -0.05) is 0 Å². The Morgan fingerprint density at radius 2 is 0.867 bits per heavy atom. The van der Waals surface area contributed by atoms with Gasteiger partial charge in [-0.25, -0.2) is 0 Å². The summed E-state index contributed by atoms with van der Waals surface area (Å²) in [5.41, 5.74) is 11.8. The standard InChI is InChI=1S/C41H27N3Se/c1-4-16-28(17-5-1)31-22-10-11-23-32(31)38-39(30-20-8-3-9-21-30)42-44-43-40(38)33-24-12-13-25-34(33)41-37(29-18-6-2-7-19-29)35-26-14-15-27-36(35)45-41/h1-27H. The van der Waals surface area contributed by atoms with Gasteiger partial charge in [0.05, 0.1) is 0 Å². The molecular formula is C41H27N3Se. The van der Waals surface area contributed by atoms with Crippen molar-refractivity contribution in [2.75, 3.05) is 0 Å². The van der Waals surface area contributed by atoms with Gasteiger partial charge in [0.1, 0.15) is 0 Å². The summed E-state index contributed by atoms with van der Waals surface area (Å²) < 4.78 is 2.75. The molecule has 0 bridgehead atoms. The molecule has 0 atom stereocenters. The van der Waals surface area contributed by atoms with Gasteiger partial charge in [-0.2, -0.15) is 0 Å². The SMILES string of the molecule is c1ccc(-c2ccccc2-c2c(-c3ccccc3)nnnc2-c2ccccc2-c2[se]c3ccccc3c2-c2ccccc2)cc1. The van der Waals surface area contributed by atoms with Crippen LogP contribution in [0.4, 0.5) is 0 Å². The number of rotatable bonds is 6. The van der Waals surface area contributed by atoms with Crippen molar-refractivity contribution in [3.8, 4) is 65.9 Å². The van der Waals surface area contributed by atoms with Crippen LogP contribution in [-0.4, -0.2) is 29.9 Å². The first-order valence-electron chi connectivity index (χ1n) is 15.0. The first kappa shape index (κ1) is 27.2. The first-order valence-corrected chi connectivity index (χ1v) is 16.7. The second-order valence-electron chi connectivity index (χ2n) is 10.9. The van der Waals surface area contributed by atoms with Crippen molar-refractivity contribution < 1.29 is 0 Å². The molecular weight excluding hydrogens is 613 g/mol. The van der Waals surface area contributed by atoms with E-state index in [0.717, 1.165) is 44.8 Å². The Bertz CT molecular complexity index is 2260. The molecule has 0 spiro atoms. The topological polar surface area (TPSA) is 38.7 Å².